The summed E-state index contributed by atoms with van der Waals surface area (Å²) in [5.74, 6) is 0.0943. The van der Waals surface area contributed by atoms with E-state index in [1.807, 2.05) is 30.3 Å². The number of ether oxygens (including phenoxy) is 1. The van der Waals surface area contributed by atoms with E-state index in [1.54, 1.807) is 13.2 Å². The van der Waals surface area contributed by atoms with E-state index in [-0.39, 0.29) is 18.2 Å². The van der Waals surface area contributed by atoms with Crippen molar-refractivity contribution in [3.05, 3.63) is 76.9 Å². The topological polar surface area (TPSA) is 80.4 Å². The molecule has 0 amide bonds. The van der Waals surface area contributed by atoms with Gasteiger partial charge < -0.3 is 20.9 Å². The number of nitrogens with one attached hydrogen (secondary N) is 1. The number of aromatic nitrogens is 1. The molecule has 4 N–H and O–H groups in total. The fraction of sp³-hybridized carbons (Fsp3) is 0.393. The first-order chi connectivity index (χ1) is 17.0. The fourth-order valence-electron chi connectivity index (χ4n) is 4.97. The molecule has 1 aliphatic rings. The van der Waals surface area contributed by atoms with Crippen molar-refractivity contribution in [2.24, 2.45) is 11.7 Å². The zero-order valence-corrected chi connectivity index (χ0v) is 20.0. The van der Waals surface area contributed by atoms with Gasteiger partial charge in [-0.3, -0.25) is 0 Å². The first-order valence-electron chi connectivity index (χ1n) is 12.2. The first kappa shape index (κ1) is 25.2. The fourth-order valence-corrected chi connectivity index (χ4v) is 4.97. The van der Waals surface area contributed by atoms with Gasteiger partial charge in [-0.25, -0.2) is 13.8 Å². The molecule has 3 aromatic rings. The molecule has 5 nitrogen and oxygen atoms in total. The summed E-state index contributed by atoms with van der Waals surface area (Å²) in [6.45, 7) is 0.564. The van der Waals surface area contributed by atoms with E-state index in [2.05, 4.69) is 10.3 Å². The van der Waals surface area contributed by atoms with Crippen molar-refractivity contribution >= 4 is 17.0 Å². The molecule has 1 aliphatic carbocycles. The summed E-state index contributed by atoms with van der Waals surface area (Å²) in [6.07, 6.45) is 8.27. The Morgan fingerprint density at radius 2 is 1.89 bits per heavy atom. The molecule has 1 heterocycles. The molecule has 1 fully saturated rings. The second-order valence-corrected chi connectivity index (χ2v) is 9.25. The molecule has 0 radical (unpaired) electrons. The average Bonchev–Trinajstić information content (AvgIpc) is 2.88. The zero-order valence-electron chi connectivity index (χ0n) is 20.0. The van der Waals surface area contributed by atoms with Gasteiger partial charge in [-0.15, -0.1) is 0 Å². The van der Waals surface area contributed by atoms with Crippen LogP contribution in [0.2, 0.25) is 0 Å². The lowest BCUT2D eigenvalue weighted by Crippen LogP contribution is -2.39. The van der Waals surface area contributed by atoms with Crippen LogP contribution in [0, 0.1) is 17.6 Å². The molecule has 0 spiro atoms. The quantitative estimate of drug-likeness (QED) is 0.411. The lowest BCUT2D eigenvalue weighted by molar-refractivity contribution is 0.261. The molecule has 0 saturated heterocycles. The maximum atomic E-state index is 13.7. The maximum absolute atomic E-state index is 13.7. The number of hydrogen-bond donors (Lipinski definition) is 3. The second kappa shape index (κ2) is 11.7. The molecule has 0 bridgehead atoms. The monoisotopic (exact) mass is 481 g/mol. The molecule has 4 rings (SSSR count). The standard InChI is InChI=1S/C28H33F2N3O2/c1-35-27-13-11-24-21(17-34)5-4-20(28(24)33-27)16-26(31)18-6-9-23(10-7-18)32-14-2-3-19-15-22(29)8-12-25(19)30/h2-5,8,11-13,15,18,23,26,32,34H,6-7,9-10,14,16-17,31H2,1H3/b3-2+/t18-,23-,26-/m1/s1. The minimum Gasteiger partial charge on any atom is -0.481 e. The Kier molecular flexibility index (Phi) is 8.44. The largest absolute Gasteiger partial charge is 0.481 e. The second-order valence-electron chi connectivity index (χ2n) is 9.25. The van der Waals surface area contributed by atoms with E-state index in [9.17, 15) is 13.9 Å². The summed E-state index contributed by atoms with van der Waals surface area (Å²) in [6, 6.07) is 11.6. The molecule has 1 saturated carbocycles. The molecule has 2 aromatic carbocycles. The Labute approximate surface area is 205 Å². The number of pyridine rings is 1. The van der Waals surface area contributed by atoms with E-state index in [0.717, 1.165) is 59.8 Å². The number of fused-ring (bicyclic) bond motifs is 1. The maximum Gasteiger partial charge on any atom is 0.213 e. The third-order valence-electron chi connectivity index (χ3n) is 7.00. The molecule has 1 aromatic heterocycles. The van der Waals surface area contributed by atoms with Crippen LogP contribution in [0.1, 0.15) is 42.4 Å². The molecule has 0 aliphatic heterocycles. The van der Waals surface area contributed by atoms with Gasteiger partial charge in [-0.1, -0.05) is 24.3 Å². The third-order valence-corrected chi connectivity index (χ3v) is 7.00. The number of nitrogens with two attached hydrogens (primary N) is 1. The SMILES string of the molecule is COc1ccc2c(CO)ccc(C[C@@H](N)[C@H]3CC[C@H](NC/C=C/c4cc(F)ccc4F)CC3)c2n1. The van der Waals surface area contributed by atoms with Gasteiger partial charge in [0.2, 0.25) is 5.88 Å². The predicted molar refractivity (Wildman–Crippen MR) is 135 cm³/mol. The smallest absolute Gasteiger partial charge is 0.213 e. The van der Waals surface area contributed by atoms with Crippen LogP contribution in [0.5, 0.6) is 5.88 Å². The number of rotatable bonds is 9. The van der Waals surface area contributed by atoms with Gasteiger partial charge in [0.1, 0.15) is 11.6 Å². The summed E-state index contributed by atoms with van der Waals surface area (Å²) < 4.78 is 32.3. The molecule has 0 unspecified atom stereocenters. The minimum atomic E-state index is -0.444. The Bertz CT molecular complexity index is 1180. The minimum absolute atomic E-state index is 0.0166. The lowest BCUT2D eigenvalue weighted by Gasteiger charge is -2.32. The Morgan fingerprint density at radius 1 is 1.11 bits per heavy atom. The van der Waals surface area contributed by atoms with E-state index in [4.69, 9.17) is 10.5 Å². The molecule has 35 heavy (non-hydrogen) atoms. The lowest BCUT2D eigenvalue weighted by atomic mass is 9.79. The van der Waals surface area contributed by atoms with E-state index < -0.39 is 11.6 Å². The van der Waals surface area contributed by atoms with Crippen molar-refractivity contribution in [2.75, 3.05) is 13.7 Å². The molecule has 1 atom stereocenters. The molecule has 7 heteroatoms. The molecular formula is C28H33F2N3O2. The molecular weight excluding hydrogens is 448 g/mol. The number of methoxy groups -OCH3 is 1. The zero-order chi connectivity index (χ0) is 24.8. The number of benzene rings is 2. The van der Waals surface area contributed by atoms with Gasteiger partial charge in [0.05, 0.1) is 19.2 Å². The average molecular weight is 482 g/mol. The number of aliphatic hydroxyl groups excluding tert-OH is 1. The number of aliphatic hydroxyl groups is 1. The normalized spacial score (nSPS) is 19.3. The Hall–Kier alpha value is -2.87. The summed E-state index contributed by atoms with van der Waals surface area (Å²) in [5, 5.41) is 14.1. The van der Waals surface area contributed by atoms with Crippen molar-refractivity contribution < 1.29 is 18.6 Å². The molecule has 186 valence electrons. The van der Waals surface area contributed by atoms with E-state index in [0.29, 0.717) is 30.8 Å². The highest BCUT2D eigenvalue weighted by Crippen LogP contribution is 2.30. The Morgan fingerprint density at radius 3 is 2.63 bits per heavy atom. The van der Waals surface area contributed by atoms with Crippen LogP contribution in [0.4, 0.5) is 8.78 Å². The summed E-state index contributed by atoms with van der Waals surface area (Å²) >= 11 is 0. The van der Waals surface area contributed by atoms with Crippen LogP contribution in [0.15, 0.2) is 48.5 Å². The summed E-state index contributed by atoms with van der Waals surface area (Å²) in [5.41, 5.74) is 9.67. The van der Waals surface area contributed by atoms with Gasteiger partial charge in [0.25, 0.3) is 0 Å². The predicted octanol–water partition coefficient (Wildman–Crippen LogP) is 4.75. The van der Waals surface area contributed by atoms with Crippen molar-refractivity contribution in [1.82, 2.24) is 10.3 Å². The highest BCUT2D eigenvalue weighted by molar-refractivity contribution is 5.85. The highest BCUT2D eigenvalue weighted by atomic mass is 19.1. The van der Waals surface area contributed by atoms with Crippen molar-refractivity contribution in [3.63, 3.8) is 0 Å². The van der Waals surface area contributed by atoms with Gasteiger partial charge >= 0.3 is 0 Å². The number of hydrogen-bond acceptors (Lipinski definition) is 5. The number of nitrogens with zero attached hydrogens (tertiary/aromatic N) is 1. The summed E-state index contributed by atoms with van der Waals surface area (Å²) in [7, 11) is 1.59. The van der Waals surface area contributed by atoms with Crippen molar-refractivity contribution in [1.29, 1.82) is 0 Å². The highest BCUT2D eigenvalue weighted by Gasteiger charge is 2.26. The van der Waals surface area contributed by atoms with Crippen LogP contribution in [-0.2, 0) is 13.0 Å². The number of halogens is 2. The third kappa shape index (κ3) is 6.23. The van der Waals surface area contributed by atoms with Crippen molar-refractivity contribution in [2.45, 2.75) is 50.8 Å². The van der Waals surface area contributed by atoms with Crippen molar-refractivity contribution in [3.8, 4) is 5.88 Å². The van der Waals surface area contributed by atoms with Crippen LogP contribution < -0.4 is 15.8 Å². The van der Waals surface area contributed by atoms with Crippen LogP contribution in [0.3, 0.4) is 0 Å². The van der Waals surface area contributed by atoms with E-state index >= 15 is 0 Å². The van der Waals surface area contributed by atoms with Gasteiger partial charge in [0.15, 0.2) is 0 Å². The summed E-state index contributed by atoms with van der Waals surface area (Å²) in [4.78, 5) is 4.64. The van der Waals surface area contributed by atoms with Gasteiger partial charge in [-0.05, 0) is 73.4 Å². The van der Waals surface area contributed by atoms with Gasteiger partial charge in [0, 0.05) is 35.6 Å². The van der Waals surface area contributed by atoms with E-state index in [1.165, 1.54) is 6.07 Å². The van der Waals surface area contributed by atoms with Crippen LogP contribution >= 0.6 is 0 Å². The first-order valence-corrected chi connectivity index (χ1v) is 12.2. The van der Waals surface area contributed by atoms with Gasteiger partial charge in [-0.2, -0.15) is 0 Å². The van der Waals surface area contributed by atoms with Crippen LogP contribution in [0.25, 0.3) is 17.0 Å². The van der Waals surface area contributed by atoms with Crippen LogP contribution in [-0.4, -0.2) is 35.8 Å². The Balaban J connectivity index is 1.31.